The van der Waals surface area contributed by atoms with Crippen LogP contribution < -0.4 is 32.1 Å². The van der Waals surface area contributed by atoms with Gasteiger partial charge in [0.15, 0.2) is 0 Å². The quantitative estimate of drug-likeness (QED) is 0.502. The van der Waals surface area contributed by atoms with Crippen molar-refractivity contribution in [2.45, 2.75) is 32.7 Å². The summed E-state index contributed by atoms with van der Waals surface area (Å²) < 4.78 is 0. The van der Waals surface area contributed by atoms with Gasteiger partial charge in [0.2, 0.25) is 5.95 Å². The highest BCUT2D eigenvalue weighted by Crippen LogP contribution is 2.27. The number of rotatable bonds is 5. The molecule has 0 saturated heterocycles. The van der Waals surface area contributed by atoms with E-state index in [1.807, 2.05) is 32.9 Å². The van der Waals surface area contributed by atoms with Crippen molar-refractivity contribution in [3.05, 3.63) is 56.5 Å². The number of nitrogens with zero attached hydrogens (tertiary/aromatic N) is 2. The summed E-state index contributed by atoms with van der Waals surface area (Å²) in [5.41, 5.74) is 2.41. The molecule has 0 radical (unpaired) electrons. The molecule has 1 aromatic heterocycles. The zero-order chi connectivity index (χ0) is 19.9. The van der Waals surface area contributed by atoms with Gasteiger partial charge in [-0.05, 0) is 57.0 Å². The van der Waals surface area contributed by atoms with E-state index in [1.54, 1.807) is 12.3 Å². The van der Waals surface area contributed by atoms with Gasteiger partial charge in [-0.25, -0.2) is 4.98 Å². The van der Waals surface area contributed by atoms with E-state index < -0.39 is 10.9 Å². The van der Waals surface area contributed by atoms with Crippen LogP contribution in [0.4, 0.5) is 34.5 Å². The van der Waals surface area contributed by atoms with Crippen LogP contribution in [0.15, 0.2) is 40.1 Å². The van der Waals surface area contributed by atoms with Crippen molar-refractivity contribution in [2.75, 3.05) is 27.8 Å². The lowest BCUT2D eigenvalue weighted by Gasteiger charge is -2.24. The van der Waals surface area contributed by atoms with Gasteiger partial charge in [0.05, 0.1) is 0 Å². The Bertz CT molecular complexity index is 1110. The minimum atomic E-state index is -0.550. The second-order valence-electron chi connectivity index (χ2n) is 7.85. The fourth-order valence-electron chi connectivity index (χ4n) is 3.13. The van der Waals surface area contributed by atoms with E-state index in [4.69, 9.17) is 0 Å². The predicted octanol–water partition coefficient (Wildman–Crippen LogP) is 2.74. The number of nitrogens with one attached hydrogen (secondary N) is 4. The summed E-state index contributed by atoms with van der Waals surface area (Å²) in [5.74, 6) is 0.837. The van der Waals surface area contributed by atoms with E-state index in [-0.39, 0.29) is 16.9 Å². The van der Waals surface area contributed by atoms with Crippen LogP contribution in [0.1, 0.15) is 26.3 Å². The first kappa shape index (κ1) is 18.0. The van der Waals surface area contributed by atoms with Crippen LogP contribution in [0.2, 0.25) is 0 Å². The Kier molecular flexibility index (Phi) is 4.26. The molecule has 0 fully saturated rings. The molecule has 4 N–H and O–H groups in total. The van der Waals surface area contributed by atoms with Gasteiger partial charge in [0, 0.05) is 29.7 Å². The van der Waals surface area contributed by atoms with E-state index in [0.717, 1.165) is 24.3 Å². The summed E-state index contributed by atoms with van der Waals surface area (Å²) in [5, 5.41) is 12.5. The molecule has 0 saturated carbocycles. The smallest absolute Gasteiger partial charge is 0.253 e. The third kappa shape index (κ3) is 3.53. The van der Waals surface area contributed by atoms with Crippen LogP contribution in [0.25, 0.3) is 0 Å². The van der Waals surface area contributed by atoms with E-state index in [9.17, 15) is 9.59 Å². The molecule has 0 amide bonds. The van der Waals surface area contributed by atoms with Gasteiger partial charge in [-0.15, -0.1) is 0 Å². The SMILES string of the molecule is CC(C)(C)Nc1c(Nc2ccnc(Nc3ccc4c(c3)CCN4)n2)c(=O)c1=O. The minimum Gasteiger partial charge on any atom is -0.384 e. The molecule has 8 heteroatoms. The first-order chi connectivity index (χ1) is 13.3. The molecule has 1 aliphatic rings. The summed E-state index contributed by atoms with van der Waals surface area (Å²) in [6.45, 7) is 6.72. The van der Waals surface area contributed by atoms with E-state index in [0.29, 0.717) is 11.8 Å². The minimum absolute atomic E-state index is 0.230. The molecular weight excluding hydrogens is 356 g/mol. The number of benzene rings is 1. The van der Waals surface area contributed by atoms with Crippen molar-refractivity contribution in [3.8, 4) is 0 Å². The molecular formula is C20H22N6O2. The van der Waals surface area contributed by atoms with Crippen molar-refractivity contribution in [2.24, 2.45) is 0 Å². The van der Waals surface area contributed by atoms with Gasteiger partial charge in [0.1, 0.15) is 17.2 Å². The monoisotopic (exact) mass is 378 g/mol. The molecule has 2 heterocycles. The largest absolute Gasteiger partial charge is 0.384 e. The van der Waals surface area contributed by atoms with Gasteiger partial charge in [-0.3, -0.25) is 9.59 Å². The Labute approximate surface area is 162 Å². The third-order valence-corrected chi connectivity index (χ3v) is 4.39. The second kappa shape index (κ2) is 6.63. The summed E-state index contributed by atoms with van der Waals surface area (Å²) in [7, 11) is 0. The van der Waals surface area contributed by atoms with Crippen molar-refractivity contribution in [3.63, 3.8) is 0 Å². The van der Waals surface area contributed by atoms with Gasteiger partial charge in [-0.2, -0.15) is 4.98 Å². The highest BCUT2D eigenvalue weighted by molar-refractivity contribution is 5.78. The van der Waals surface area contributed by atoms with E-state index >= 15 is 0 Å². The molecule has 1 aliphatic heterocycles. The van der Waals surface area contributed by atoms with Gasteiger partial charge in [-0.1, -0.05) is 0 Å². The lowest BCUT2D eigenvalue weighted by atomic mass is 10.1. The van der Waals surface area contributed by atoms with E-state index in [1.165, 1.54) is 5.56 Å². The Morgan fingerprint density at radius 1 is 1.04 bits per heavy atom. The molecule has 2 aromatic carbocycles. The van der Waals surface area contributed by atoms with Crippen molar-refractivity contribution >= 4 is 34.5 Å². The maximum Gasteiger partial charge on any atom is 0.253 e. The molecule has 0 aliphatic carbocycles. The van der Waals surface area contributed by atoms with Gasteiger partial charge in [0.25, 0.3) is 10.9 Å². The number of fused-ring (bicyclic) bond motifs is 1. The number of anilines is 6. The molecule has 3 aromatic rings. The Morgan fingerprint density at radius 3 is 2.61 bits per heavy atom. The van der Waals surface area contributed by atoms with Crippen LogP contribution in [-0.2, 0) is 6.42 Å². The average Bonchev–Trinajstić information content (AvgIpc) is 3.11. The maximum absolute atomic E-state index is 12.0. The van der Waals surface area contributed by atoms with Gasteiger partial charge >= 0.3 is 0 Å². The van der Waals surface area contributed by atoms with Crippen molar-refractivity contribution < 1.29 is 0 Å². The lowest BCUT2D eigenvalue weighted by molar-refractivity contribution is 0.632. The first-order valence-corrected chi connectivity index (χ1v) is 9.15. The highest BCUT2D eigenvalue weighted by Gasteiger charge is 2.25. The highest BCUT2D eigenvalue weighted by atomic mass is 16.2. The van der Waals surface area contributed by atoms with Gasteiger partial charge < -0.3 is 21.3 Å². The fraction of sp³-hybridized carbons (Fsp3) is 0.300. The molecule has 0 bridgehead atoms. The Hall–Kier alpha value is -3.42. The second-order valence-corrected chi connectivity index (χ2v) is 7.85. The summed E-state index contributed by atoms with van der Waals surface area (Å²) >= 11 is 0. The topological polar surface area (TPSA) is 108 Å². The summed E-state index contributed by atoms with van der Waals surface area (Å²) in [6, 6.07) is 7.71. The van der Waals surface area contributed by atoms with Crippen LogP contribution in [-0.4, -0.2) is 22.1 Å². The predicted molar refractivity (Wildman–Crippen MR) is 112 cm³/mol. The maximum atomic E-state index is 12.0. The zero-order valence-corrected chi connectivity index (χ0v) is 16.0. The first-order valence-electron chi connectivity index (χ1n) is 9.15. The lowest BCUT2D eigenvalue weighted by Crippen LogP contribution is -2.41. The zero-order valence-electron chi connectivity index (χ0n) is 16.0. The number of hydrogen-bond acceptors (Lipinski definition) is 8. The number of hydrogen-bond donors (Lipinski definition) is 4. The molecule has 8 nitrogen and oxygen atoms in total. The van der Waals surface area contributed by atoms with Crippen molar-refractivity contribution in [1.29, 1.82) is 0 Å². The number of aromatic nitrogens is 2. The van der Waals surface area contributed by atoms with Crippen LogP contribution in [0.3, 0.4) is 0 Å². The molecule has 0 unspecified atom stereocenters. The third-order valence-electron chi connectivity index (χ3n) is 4.39. The normalized spacial score (nSPS) is 13.1. The molecule has 0 spiro atoms. The fourth-order valence-corrected chi connectivity index (χ4v) is 3.13. The molecule has 144 valence electrons. The van der Waals surface area contributed by atoms with Crippen LogP contribution in [0.5, 0.6) is 0 Å². The summed E-state index contributed by atoms with van der Waals surface area (Å²) in [6.07, 6.45) is 2.58. The van der Waals surface area contributed by atoms with Crippen molar-refractivity contribution in [1.82, 2.24) is 9.97 Å². The molecule has 0 atom stereocenters. The average molecular weight is 378 g/mol. The molecule has 4 rings (SSSR count). The Morgan fingerprint density at radius 2 is 1.82 bits per heavy atom. The Balaban J connectivity index is 1.53. The van der Waals surface area contributed by atoms with Crippen LogP contribution >= 0.6 is 0 Å². The van der Waals surface area contributed by atoms with Crippen LogP contribution in [0, 0.1) is 0 Å². The molecule has 28 heavy (non-hydrogen) atoms. The standard InChI is InChI=1S/C20H22N6O2/c1-20(2,3)26-16-15(17(27)18(16)28)24-14-7-9-22-19(25-14)23-12-4-5-13-11(10-12)6-8-21-13/h4-5,7,9-10,21,26H,6,8H2,1-3H3,(H2,22,23,24,25). The van der Waals surface area contributed by atoms with E-state index in [2.05, 4.69) is 37.3 Å². The summed E-state index contributed by atoms with van der Waals surface area (Å²) in [4.78, 5) is 32.5.